The summed E-state index contributed by atoms with van der Waals surface area (Å²) in [5, 5.41) is 10.2. The SMILES string of the molecule is Brc1ccc(/C=C/c2cn[nH]n2)cc1. The summed E-state index contributed by atoms with van der Waals surface area (Å²) in [5.74, 6) is 0. The summed E-state index contributed by atoms with van der Waals surface area (Å²) in [5.41, 5.74) is 1.96. The van der Waals surface area contributed by atoms with Crippen molar-refractivity contribution in [3.05, 3.63) is 46.2 Å². The Bertz CT molecular complexity index is 417. The summed E-state index contributed by atoms with van der Waals surface area (Å²) in [7, 11) is 0. The van der Waals surface area contributed by atoms with Crippen LogP contribution >= 0.6 is 15.9 Å². The first-order chi connectivity index (χ1) is 6.84. The first-order valence-corrected chi connectivity index (χ1v) is 4.93. The van der Waals surface area contributed by atoms with Crippen molar-refractivity contribution < 1.29 is 0 Å². The van der Waals surface area contributed by atoms with Crippen LogP contribution in [0.1, 0.15) is 11.3 Å². The van der Waals surface area contributed by atoms with Crippen LogP contribution in [-0.2, 0) is 0 Å². The summed E-state index contributed by atoms with van der Waals surface area (Å²) in [6.07, 6.45) is 5.58. The van der Waals surface area contributed by atoms with E-state index in [9.17, 15) is 0 Å². The van der Waals surface area contributed by atoms with Gasteiger partial charge in [-0.3, -0.25) is 0 Å². The quantitative estimate of drug-likeness (QED) is 0.890. The molecule has 0 atom stereocenters. The largest absolute Gasteiger partial charge is 0.197 e. The molecule has 0 aliphatic rings. The van der Waals surface area contributed by atoms with Crippen LogP contribution < -0.4 is 0 Å². The van der Waals surface area contributed by atoms with Crippen molar-refractivity contribution >= 4 is 28.1 Å². The van der Waals surface area contributed by atoms with E-state index in [-0.39, 0.29) is 0 Å². The molecule has 1 aromatic heterocycles. The summed E-state index contributed by atoms with van der Waals surface area (Å²) in [4.78, 5) is 0. The predicted octanol–water partition coefficient (Wildman–Crippen LogP) is 2.74. The number of rotatable bonds is 2. The number of halogens is 1. The van der Waals surface area contributed by atoms with Gasteiger partial charge in [0.1, 0.15) is 5.69 Å². The Hall–Kier alpha value is -1.42. The van der Waals surface area contributed by atoms with E-state index in [1.165, 1.54) is 0 Å². The standard InChI is InChI=1S/C10H8BrN3/c11-9-4-1-8(2-5-9)3-6-10-7-12-14-13-10/h1-7H,(H,12,13,14)/b6-3+. The van der Waals surface area contributed by atoms with Crippen LogP contribution in [0.5, 0.6) is 0 Å². The highest BCUT2D eigenvalue weighted by Gasteiger charge is 1.89. The van der Waals surface area contributed by atoms with Crippen LogP contribution in [0, 0.1) is 0 Å². The van der Waals surface area contributed by atoms with E-state index in [2.05, 4.69) is 31.3 Å². The number of H-pyrrole nitrogens is 1. The lowest BCUT2D eigenvalue weighted by atomic mass is 10.2. The van der Waals surface area contributed by atoms with Crippen LogP contribution in [0.2, 0.25) is 0 Å². The maximum Gasteiger partial charge on any atom is 0.105 e. The van der Waals surface area contributed by atoms with E-state index < -0.39 is 0 Å². The van der Waals surface area contributed by atoms with Crippen LogP contribution in [0.4, 0.5) is 0 Å². The fourth-order valence-corrected chi connectivity index (χ4v) is 1.31. The van der Waals surface area contributed by atoms with Gasteiger partial charge in [-0.05, 0) is 23.8 Å². The summed E-state index contributed by atoms with van der Waals surface area (Å²) >= 11 is 3.38. The Kier molecular flexibility index (Phi) is 2.74. The van der Waals surface area contributed by atoms with Gasteiger partial charge in [-0.2, -0.15) is 15.4 Å². The molecule has 0 aliphatic heterocycles. The Labute approximate surface area is 90.0 Å². The minimum Gasteiger partial charge on any atom is -0.197 e. The number of aromatic amines is 1. The molecule has 2 aromatic rings. The van der Waals surface area contributed by atoms with Gasteiger partial charge in [0.05, 0.1) is 6.20 Å². The van der Waals surface area contributed by atoms with Crippen molar-refractivity contribution in [2.45, 2.75) is 0 Å². The Morgan fingerprint density at radius 1 is 1.14 bits per heavy atom. The summed E-state index contributed by atoms with van der Waals surface area (Å²) in [6, 6.07) is 8.06. The van der Waals surface area contributed by atoms with Crippen molar-refractivity contribution in [2.75, 3.05) is 0 Å². The zero-order valence-electron chi connectivity index (χ0n) is 7.31. The highest BCUT2D eigenvalue weighted by atomic mass is 79.9. The second kappa shape index (κ2) is 4.19. The van der Waals surface area contributed by atoms with E-state index in [0.29, 0.717) is 0 Å². The summed E-state index contributed by atoms with van der Waals surface area (Å²) < 4.78 is 1.08. The average molecular weight is 250 g/mol. The van der Waals surface area contributed by atoms with E-state index in [1.54, 1.807) is 6.20 Å². The number of nitrogens with zero attached hydrogens (tertiary/aromatic N) is 2. The monoisotopic (exact) mass is 249 g/mol. The van der Waals surface area contributed by atoms with E-state index in [1.807, 2.05) is 36.4 Å². The molecule has 0 unspecified atom stereocenters. The predicted molar refractivity (Wildman–Crippen MR) is 59.5 cm³/mol. The molecule has 3 nitrogen and oxygen atoms in total. The van der Waals surface area contributed by atoms with Crippen LogP contribution in [0.25, 0.3) is 12.2 Å². The minimum absolute atomic E-state index is 0.827. The molecule has 1 aromatic carbocycles. The molecule has 0 fully saturated rings. The van der Waals surface area contributed by atoms with E-state index >= 15 is 0 Å². The lowest BCUT2D eigenvalue weighted by Gasteiger charge is -1.92. The number of nitrogens with one attached hydrogen (secondary N) is 1. The lowest BCUT2D eigenvalue weighted by molar-refractivity contribution is 0.937. The Morgan fingerprint density at radius 2 is 1.93 bits per heavy atom. The fourth-order valence-electron chi connectivity index (χ4n) is 1.05. The van der Waals surface area contributed by atoms with Gasteiger partial charge < -0.3 is 0 Å². The van der Waals surface area contributed by atoms with Gasteiger partial charge in [0.15, 0.2) is 0 Å². The molecule has 0 bridgehead atoms. The smallest absolute Gasteiger partial charge is 0.105 e. The molecular formula is C10H8BrN3. The molecule has 70 valence electrons. The maximum atomic E-state index is 3.92. The molecule has 1 heterocycles. The first kappa shape index (κ1) is 9.15. The van der Waals surface area contributed by atoms with E-state index in [0.717, 1.165) is 15.7 Å². The third kappa shape index (κ3) is 2.29. The van der Waals surface area contributed by atoms with Gasteiger partial charge in [-0.15, -0.1) is 0 Å². The molecule has 0 radical (unpaired) electrons. The zero-order valence-corrected chi connectivity index (χ0v) is 8.90. The number of hydrogen-bond acceptors (Lipinski definition) is 2. The Morgan fingerprint density at radius 3 is 2.57 bits per heavy atom. The van der Waals surface area contributed by atoms with Gasteiger partial charge in [-0.25, -0.2) is 0 Å². The van der Waals surface area contributed by atoms with Gasteiger partial charge in [0.2, 0.25) is 0 Å². The molecule has 0 saturated heterocycles. The van der Waals surface area contributed by atoms with Crippen molar-refractivity contribution in [2.24, 2.45) is 0 Å². The lowest BCUT2D eigenvalue weighted by Crippen LogP contribution is -1.73. The molecule has 14 heavy (non-hydrogen) atoms. The van der Waals surface area contributed by atoms with Crippen LogP contribution in [0.3, 0.4) is 0 Å². The van der Waals surface area contributed by atoms with Gasteiger partial charge in [-0.1, -0.05) is 34.1 Å². The molecule has 2 rings (SSSR count). The average Bonchev–Trinajstić information content (AvgIpc) is 2.70. The third-order valence-corrected chi connectivity index (χ3v) is 2.28. The minimum atomic E-state index is 0.827. The number of aromatic nitrogens is 3. The molecule has 0 amide bonds. The zero-order chi connectivity index (χ0) is 9.80. The molecular weight excluding hydrogens is 242 g/mol. The topological polar surface area (TPSA) is 41.6 Å². The van der Waals surface area contributed by atoms with Crippen molar-refractivity contribution in [1.29, 1.82) is 0 Å². The van der Waals surface area contributed by atoms with Gasteiger partial charge >= 0.3 is 0 Å². The second-order valence-electron chi connectivity index (χ2n) is 2.78. The second-order valence-corrected chi connectivity index (χ2v) is 3.70. The molecule has 0 spiro atoms. The highest BCUT2D eigenvalue weighted by molar-refractivity contribution is 9.10. The van der Waals surface area contributed by atoms with E-state index in [4.69, 9.17) is 0 Å². The normalized spacial score (nSPS) is 10.9. The number of benzene rings is 1. The van der Waals surface area contributed by atoms with Crippen molar-refractivity contribution in [3.8, 4) is 0 Å². The van der Waals surface area contributed by atoms with Crippen molar-refractivity contribution in [3.63, 3.8) is 0 Å². The summed E-state index contributed by atoms with van der Waals surface area (Å²) in [6.45, 7) is 0. The van der Waals surface area contributed by atoms with Crippen LogP contribution in [0.15, 0.2) is 34.9 Å². The molecule has 4 heteroatoms. The fraction of sp³-hybridized carbons (Fsp3) is 0. The van der Waals surface area contributed by atoms with Gasteiger partial charge in [0, 0.05) is 4.47 Å². The molecule has 0 aliphatic carbocycles. The first-order valence-electron chi connectivity index (χ1n) is 4.14. The maximum absolute atomic E-state index is 3.92. The highest BCUT2D eigenvalue weighted by Crippen LogP contribution is 2.12. The van der Waals surface area contributed by atoms with Crippen LogP contribution in [-0.4, -0.2) is 15.4 Å². The third-order valence-electron chi connectivity index (χ3n) is 1.75. The van der Waals surface area contributed by atoms with Gasteiger partial charge in [0.25, 0.3) is 0 Å². The number of hydrogen-bond donors (Lipinski definition) is 1. The molecule has 1 N–H and O–H groups in total. The van der Waals surface area contributed by atoms with Crippen molar-refractivity contribution in [1.82, 2.24) is 15.4 Å². The Balaban J connectivity index is 2.15. The molecule has 0 saturated carbocycles.